The molecule has 0 radical (unpaired) electrons. The third kappa shape index (κ3) is 2.84. The van der Waals surface area contributed by atoms with Gasteiger partial charge in [0.15, 0.2) is 5.75 Å². The van der Waals surface area contributed by atoms with Crippen LogP contribution in [-0.4, -0.2) is 19.7 Å². The monoisotopic (exact) mass is 247 g/mol. The average molecular weight is 247 g/mol. The van der Waals surface area contributed by atoms with E-state index in [1.165, 1.54) is 0 Å². The molecule has 2 aromatic rings. The largest absolute Gasteiger partial charge is 0.421 e. The summed E-state index contributed by atoms with van der Waals surface area (Å²) in [4.78, 5) is 8.41. The maximum absolute atomic E-state index is 5.57. The standard InChI is InChI=1S/C12H17N5O/c1-8(2)17-7-11(6-14-17)18-12-15-9(3)4-10(5-13)16-12/h4,6-8H,5,13H2,1-3H3. The Morgan fingerprint density at radius 2 is 2.17 bits per heavy atom. The normalized spacial score (nSPS) is 10.9. The van der Waals surface area contributed by atoms with Crippen LogP contribution in [0, 0.1) is 6.92 Å². The number of aromatic nitrogens is 4. The maximum Gasteiger partial charge on any atom is 0.322 e. The first-order valence-corrected chi connectivity index (χ1v) is 5.85. The molecule has 0 saturated heterocycles. The highest BCUT2D eigenvalue weighted by Crippen LogP contribution is 2.19. The fourth-order valence-electron chi connectivity index (χ4n) is 1.52. The molecule has 96 valence electrons. The summed E-state index contributed by atoms with van der Waals surface area (Å²) in [7, 11) is 0. The molecule has 2 rings (SSSR count). The molecule has 0 spiro atoms. The highest BCUT2D eigenvalue weighted by molar-refractivity contribution is 5.20. The molecule has 0 atom stereocenters. The minimum Gasteiger partial charge on any atom is -0.421 e. The Morgan fingerprint density at radius 3 is 2.78 bits per heavy atom. The summed E-state index contributed by atoms with van der Waals surface area (Å²) < 4.78 is 7.39. The van der Waals surface area contributed by atoms with Crippen molar-refractivity contribution >= 4 is 0 Å². The van der Waals surface area contributed by atoms with E-state index in [2.05, 4.69) is 15.1 Å². The van der Waals surface area contributed by atoms with Crippen molar-refractivity contribution in [3.8, 4) is 11.8 Å². The molecular formula is C12H17N5O. The quantitative estimate of drug-likeness (QED) is 0.891. The summed E-state index contributed by atoms with van der Waals surface area (Å²) in [6.07, 6.45) is 3.46. The highest BCUT2D eigenvalue weighted by Gasteiger charge is 2.07. The van der Waals surface area contributed by atoms with E-state index in [-0.39, 0.29) is 0 Å². The van der Waals surface area contributed by atoms with Crippen LogP contribution in [0.2, 0.25) is 0 Å². The number of hydrogen-bond donors (Lipinski definition) is 1. The van der Waals surface area contributed by atoms with Crippen LogP contribution in [0.3, 0.4) is 0 Å². The zero-order valence-electron chi connectivity index (χ0n) is 10.8. The predicted octanol–water partition coefficient (Wildman–Crippen LogP) is 1.81. The topological polar surface area (TPSA) is 78.9 Å². The lowest BCUT2D eigenvalue weighted by molar-refractivity contribution is 0.435. The van der Waals surface area contributed by atoms with Crippen molar-refractivity contribution in [1.82, 2.24) is 19.7 Å². The van der Waals surface area contributed by atoms with Crippen LogP contribution >= 0.6 is 0 Å². The first kappa shape index (κ1) is 12.5. The number of rotatable bonds is 4. The highest BCUT2D eigenvalue weighted by atomic mass is 16.5. The van der Waals surface area contributed by atoms with Gasteiger partial charge in [0.25, 0.3) is 0 Å². The molecule has 0 aliphatic carbocycles. The van der Waals surface area contributed by atoms with Crippen LogP contribution in [0.4, 0.5) is 0 Å². The lowest BCUT2D eigenvalue weighted by Gasteiger charge is -2.05. The Bertz CT molecular complexity index is 535. The van der Waals surface area contributed by atoms with Crippen LogP contribution in [0.1, 0.15) is 31.3 Å². The van der Waals surface area contributed by atoms with Gasteiger partial charge in [0.1, 0.15) is 0 Å². The van der Waals surface area contributed by atoms with E-state index in [1.54, 1.807) is 6.20 Å². The Hall–Kier alpha value is -1.95. The summed E-state index contributed by atoms with van der Waals surface area (Å²) in [5.74, 6) is 0.622. The summed E-state index contributed by atoms with van der Waals surface area (Å²) in [6.45, 7) is 6.34. The molecule has 0 unspecified atom stereocenters. The SMILES string of the molecule is Cc1cc(CN)nc(Oc2cnn(C(C)C)c2)n1. The molecule has 0 aliphatic heterocycles. The fraction of sp³-hybridized carbons (Fsp3) is 0.417. The Kier molecular flexibility index (Phi) is 3.57. The van der Waals surface area contributed by atoms with Crippen molar-refractivity contribution in [1.29, 1.82) is 0 Å². The number of ether oxygens (including phenoxy) is 1. The third-order valence-electron chi connectivity index (χ3n) is 2.41. The summed E-state index contributed by atoms with van der Waals surface area (Å²) in [6, 6.07) is 2.43. The van der Waals surface area contributed by atoms with Gasteiger partial charge in [-0.3, -0.25) is 4.68 Å². The van der Waals surface area contributed by atoms with Crippen LogP contribution in [0.5, 0.6) is 11.8 Å². The van der Waals surface area contributed by atoms with Crippen molar-refractivity contribution < 1.29 is 4.74 Å². The van der Waals surface area contributed by atoms with Crippen molar-refractivity contribution in [3.05, 3.63) is 29.8 Å². The Labute approximate surface area is 106 Å². The molecule has 0 aromatic carbocycles. The van der Waals surface area contributed by atoms with Crippen molar-refractivity contribution in [2.45, 2.75) is 33.4 Å². The lowest BCUT2D eigenvalue weighted by Crippen LogP contribution is -2.03. The van der Waals surface area contributed by atoms with E-state index in [1.807, 2.05) is 37.7 Å². The van der Waals surface area contributed by atoms with Crippen LogP contribution in [0.25, 0.3) is 0 Å². The van der Waals surface area contributed by atoms with Gasteiger partial charge in [0.2, 0.25) is 0 Å². The van der Waals surface area contributed by atoms with Crippen LogP contribution in [-0.2, 0) is 6.54 Å². The van der Waals surface area contributed by atoms with Crippen LogP contribution < -0.4 is 10.5 Å². The number of nitrogens with zero attached hydrogens (tertiary/aromatic N) is 4. The molecule has 18 heavy (non-hydrogen) atoms. The van der Waals surface area contributed by atoms with Gasteiger partial charge in [-0.1, -0.05) is 0 Å². The van der Waals surface area contributed by atoms with Crippen molar-refractivity contribution in [2.24, 2.45) is 5.73 Å². The molecule has 0 aliphatic rings. The van der Waals surface area contributed by atoms with Crippen molar-refractivity contribution in [3.63, 3.8) is 0 Å². The molecule has 0 fully saturated rings. The van der Waals surface area contributed by atoms with Gasteiger partial charge in [0.05, 0.1) is 18.1 Å². The van der Waals surface area contributed by atoms with Gasteiger partial charge in [-0.15, -0.1) is 0 Å². The van der Waals surface area contributed by atoms with Gasteiger partial charge >= 0.3 is 6.01 Å². The molecule has 0 saturated carbocycles. The maximum atomic E-state index is 5.57. The van der Waals surface area contributed by atoms with E-state index in [0.29, 0.717) is 24.3 Å². The van der Waals surface area contributed by atoms with Crippen molar-refractivity contribution in [2.75, 3.05) is 0 Å². The fourth-order valence-corrected chi connectivity index (χ4v) is 1.52. The molecule has 6 heteroatoms. The second-order valence-electron chi connectivity index (χ2n) is 4.34. The first-order chi connectivity index (χ1) is 8.58. The van der Waals surface area contributed by atoms with E-state index in [9.17, 15) is 0 Å². The molecule has 0 amide bonds. The number of hydrogen-bond acceptors (Lipinski definition) is 5. The van der Waals surface area contributed by atoms with E-state index in [4.69, 9.17) is 10.5 Å². The minimum absolute atomic E-state index is 0.292. The number of aryl methyl sites for hydroxylation is 1. The molecule has 2 heterocycles. The van der Waals surface area contributed by atoms with Gasteiger partial charge in [-0.25, -0.2) is 4.98 Å². The van der Waals surface area contributed by atoms with Gasteiger partial charge in [0, 0.05) is 18.3 Å². The second kappa shape index (κ2) is 5.14. The number of nitrogens with two attached hydrogens (primary N) is 1. The molecule has 2 N–H and O–H groups in total. The minimum atomic E-state index is 0.292. The van der Waals surface area contributed by atoms with Gasteiger partial charge in [-0.2, -0.15) is 10.1 Å². The van der Waals surface area contributed by atoms with Gasteiger partial charge < -0.3 is 10.5 Å². The van der Waals surface area contributed by atoms with Crippen LogP contribution in [0.15, 0.2) is 18.5 Å². The molecular weight excluding hydrogens is 230 g/mol. The Balaban J connectivity index is 2.19. The average Bonchev–Trinajstić information content (AvgIpc) is 2.76. The second-order valence-corrected chi connectivity index (χ2v) is 4.34. The Morgan fingerprint density at radius 1 is 1.39 bits per heavy atom. The smallest absolute Gasteiger partial charge is 0.322 e. The summed E-state index contributed by atoms with van der Waals surface area (Å²) >= 11 is 0. The molecule has 2 aromatic heterocycles. The van der Waals surface area contributed by atoms with E-state index < -0.39 is 0 Å². The lowest BCUT2D eigenvalue weighted by atomic mass is 10.3. The molecule has 6 nitrogen and oxygen atoms in total. The van der Waals surface area contributed by atoms with Gasteiger partial charge in [-0.05, 0) is 26.8 Å². The molecule has 0 bridgehead atoms. The zero-order valence-corrected chi connectivity index (χ0v) is 10.8. The predicted molar refractivity (Wildman–Crippen MR) is 67.3 cm³/mol. The zero-order chi connectivity index (χ0) is 13.1. The first-order valence-electron chi connectivity index (χ1n) is 5.85. The summed E-state index contributed by atoms with van der Waals surface area (Å²) in [5.41, 5.74) is 7.15. The van der Waals surface area contributed by atoms with E-state index >= 15 is 0 Å². The summed E-state index contributed by atoms with van der Waals surface area (Å²) in [5, 5.41) is 4.19. The van der Waals surface area contributed by atoms with E-state index in [0.717, 1.165) is 11.4 Å². The third-order valence-corrected chi connectivity index (χ3v) is 2.41.